The van der Waals surface area contributed by atoms with E-state index in [1.165, 1.54) is 133 Å². The minimum atomic E-state index is -0.499. The quantitative estimate of drug-likeness (QED) is 0.142. The molecule has 4 aliphatic rings. The van der Waals surface area contributed by atoms with Gasteiger partial charge in [-0.15, -0.1) is 0 Å². The summed E-state index contributed by atoms with van der Waals surface area (Å²) >= 11 is 0. The molecule has 0 saturated heterocycles. The molecule has 0 amide bonds. The van der Waals surface area contributed by atoms with E-state index in [9.17, 15) is 0 Å². The molecule has 9 aromatic rings. The summed E-state index contributed by atoms with van der Waals surface area (Å²) in [5.74, 6) is 0. The molecule has 0 N–H and O–H groups in total. The maximum absolute atomic E-state index is 2.62. The third kappa shape index (κ3) is 6.92. The minimum absolute atomic E-state index is 0.101. The second kappa shape index (κ2) is 17.3. The lowest BCUT2D eigenvalue weighted by Crippen LogP contribution is -2.32. The number of fused-ring (bicyclic) bond motifs is 10. The number of rotatable bonds is 9. The standard InChI is InChI=1S/C67H54N2/c1-5-18-47(19-6-1)49-32-41-56(42-33-49)69(57-43-34-50(35-44-57)48-20-7-2-8-21-48)65-31-17-30-63-66(65)60-27-14-16-29-62(60)67(63)61-28-15-13-26-58(61)59-45-38-52(46-64(59)67)51-36-39-55(40-37-51)68(53-22-9-3-10-23-53)54-24-11-4-12-25-54/h1-3,5-10,13-23,26-43,45-46,54,57H,4,11-12,24-25,44H2. The van der Waals surface area contributed by atoms with Crippen LogP contribution in [0.3, 0.4) is 0 Å². The summed E-state index contributed by atoms with van der Waals surface area (Å²) < 4.78 is 0. The Morgan fingerprint density at radius 1 is 0.377 bits per heavy atom. The number of benzene rings is 9. The molecule has 2 nitrogen and oxygen atoms in total. The number of para-hydroxylation sites is 1. The van der Waals surface area contributed by atoms with Gasteiger partial charge in [0, 0.05) is 34.4 Å². The fraction of sp³-hybridized carbons (Fsp3) is 0.134. The van der Waals surface area contributed by atoms with Crippen molar-refractivity contribution in [2.24, 2.45) is 0 Å². The van der Waals surface area contributed by atoms with Crippen molar-refractivity contribution in [3.63, 3.8) is 0 Å². The predicted molar refractivity (Wildman–Crippen MR) is 290 cm³/mol. The fourth-order valence-electron chi connectivity index (χ4n) is 12.5. The molecular weight excluding hydrogens is 833 g/mol. The number of anilines is 4. The van der Waals surface area contributed by atoms with Crippen LogP contribution >= 0.6 is 0 Å². The van der Waals surface area contributed by atoms with Crippen molar-refractivity contribution >= 4 is 28.3 Å². The molecule has 0 aromatic heterocycles. The Kier molecular flexibility index (Phi) is 10.3. The van der Waals surface area contributed by atoms with E-state index in [1.54, 1.807) is 0 Å². The van der Waals surface area contributed by atoms with E-state index in [1.807, 2.05) is 0 Å². The Labute approximate surface area is 407 Å². The molecule has 1 fully saturated rings. The first-order chi connectivity index (χ1) is 34.2. The molecule has 69 heavy (non-hydrogen) atoms. The summed E-state index contributed by atoms with van der Waals surface area (Å²) in [6.45, 7) is 0. The molecule has 332 valence electrons. The molecule has 0 aliphatic heterocycles. The summed E-state index contributed by atoms with van der Waals surface area (Å²) in [7, 11) is 0. The van der Waals surface area contributed by atoms with Crippen LogP contribution in [0.5, 0.6) is 0 Å². The lowest BCUT2D eigenvalue weighted by Gasteiger charge is -2.36. The molecule has 9 aromatic carbocycles. The number of hydrogen-bond acceptors (Lipinski definition) is 2. The van der Waals surface area contributed by atoms with Gasteiger partial charge in [-0.25, -0.2) is 0 Å². The van der Waals surface area contributed by atoms with Crippen LogP contribution in [0, 0.1) is 0 Å². The number of allylic oxidation sites excluding steroid dienone is 2. The summed E-state index contributed by atoms with van der Waals surface area (Å²) in [6.07, 6.45) is 14.5. The molecule has 2 atom stereocenters. The second-order valence-corrected chi connectivity index (χ2v) is 19.3. The van der Waals surface area contributed by atoms with Crippen molar-refractivity contribution < 1.29 is 0 Å². The average molecular weight is 887 g/mol. The molecule has 0 bridgehead atoms. The van der Waals surface area contributed by atoms with Crippen molar-refractivity contribution in [1.82, 2.24) is 0 Å². The first-order valence-corrected chi connectivity index (χ1v) is 25.0. The third-order valence-electron chi connectivity index (χ3n) is 15.6. The molecule has 2 unspecified atom stereocenters. The molecule has 4 aliphatic carbocycles. The summed E-state index contributed by atoms with van der Waals surface area (Å²) in [5, 5.41) is 0. The van der Waals surface area contributed by atoms with Crippen LogP contribution in [-0.2, 0) is 5.41 Å². The van der Waals surface area contributed by atoms with E-state index in [0.717, 1.165) is 6.42 Å². The first kappa shape index (κ1) is 41.3. The zero-order valence-electron chi connectivity index (χ0n) is 38.9. The molecule has 1 saturated carbocycles. The van der Waals surface area contributed by atoms with E-state index in [-0.39, 0.29) is 6.04 Å². The van der Waals surface area contributed by atoms with Gasteiger partial charge in [0.2, 0.25) is 0 Å². The van der Waals surface area contributed by atoms with Gasteiger partial charge in [-0.2, -0.15) is 0 Å². The normalized spacial score (nSPS) is 17.7. The van der Waals surface area contributed by atoms with Crippen LogP contribution < -0.4 is 9.80 Å². The third-order valence-corrected chi connectivity index (χ3v) is 15.6. The maximum Gasteiger partial charge on any atom is 0.0726 e. The molecule has 0 radical (unpaired) electrons. The maximum atomic E-state index is 2.62. The van der Waals surface area contributed by atoms with E-state index in [2.05, 4.69) is 252 Å². The van der Waals surface area contributed by atoms with E-state index < -0.39 is 5.41 Å². The van der Waals surface area contributed by atoms with Gasteiger partial charge in [0.05, 0.1) is 11.5 Å². The summed E-state index contributed by atoms with van der Waals surface area (Å²) in [6, 6.07) is 84.7. The zero-order chi connectivity index (χ0) is 45.7. The van der Waals surface area contributed by atoms with Gasteiger partial charge < -0.3 is 9.80 Å². The SMILES string of the molecule is C1=CC(N(c2ccc(-c3ccccc3)cc2)c2cccc3c2-c2ccccc2C32c3ccccc3-c3ccc(-c4ccc(N(c5ccccc5)C5CCCCC5)cc4)cc32)CC=C1c1ccccc1. The Balaban J connectivity index is 0.955. The van der Waals surface area contributed by atoms with Crippen molar-refractivity contribution in [3.8, 4) is 44.5 Å². The number of hydrogen-bond donors (Lipinski definition) is 0. The van der Waals surface area contributed by atoms with Crippen LogP contribution in [-0.4, -0.2) is 12.1 Å². The van der Waals surface area contributed by atoms with Gasteiger partial charge in [0.1, 0.15) is 0 Å². The Morgan fingerprint density at radius 2 is 0.899 bits per heavy atom. The highest BCUT2D eigenvalue weighted by Crippen LogP contribution is 2.65. The van der Waals surface area contributed by atoms with Gasteiger partial charge in [-0.05, 0) is 140 Å². The first-order valence-electron chi connectivity index (χ1n) is 25.0. The highest BCUT2D eigenvalue weighted by molar-refractivity contribution is 6.00. The zero-order valence-corrected chi connectivity index (χ0v) is 38.9. The van der Waals surface area contributed by atoms with Crippen molar-refractivity contribution in [1.29, 1.82) is 0 Å². The van der Waals surface area contributed by atoms with Gasteiger partial charge in [-0.1, -0.05) is 213 Å². The van der Waals surface area contributed by atoms with Gasteiger partial charge in [0.15, 0.2) is 0 Å². The Morgan fingerprint density at radius 3 is 1.58 bits per heavy atom. The van der Waals surface area contributed by atoms with Crippen LogP contribution in [0.15, 0.2) is 243 Å². The van der Waals surface area contributed by atoms with Gasteiger partial charge >= 0.3 is 0 Å². The van der Waals surface area contributed by atoms with Crippen LogP contribution in [0.4, 0.5) is 22.7 Å². The van der Waals surface area contributed by atoms with Crippen LogP contribution in [0.25, 0.3) is 50.1 Å². The van der Waals surface area contributed by atoms with Crippen LogP contribution in [0.1, 0.15) is 66.3 Å². The highest BCUT2D eigenvalue weighted by Gasteiger charge is 2.52. The topological polar surface area (TPSA) is 6.48 Å². The molecule has 13 rings (SSSR count). The van der Waals surface area contributed by atoms with Crippen molar-refractivity contribution in [3.05, 3.63) is 271 Å². The molecular formula is C67H54N2. The number of nitrogens with zero attached hydrogens (tertiary/aromatic N) is 2. The minimum Gasteiger partial charge on any atom is -0.338 e. The molecule has 0 heterocycles. The summed E-state index contributed by atoms with van der Waals surface area (Å²) in [4.78, 5) is 5.22. The van der Waals surface area contributed by atoms with E-state index >= 15 is 0 Å². The molecule has 1 spiro atoms. The lowest BCUT2D eigenvalue weighted by atomic mass is 9.70. The predicted octanol–water partition coefficient (Wildman–Crippen LogP) is 17.4. The second-order valence-electron chi connectivity index (χ2n) is 19.3. The smallest absolute Gasteiger partial charge is 0.0726 e. The van der Waals surface area contributed by atoms with Gasteiger partial charge in [-0.3, -0.25) is 0 Å². The van der Waals surface area contributed by atoms with Crippen molar-refractivity contribution in [2.45, 2.75) is 56.0 Å². The fourth-order valence-corrected chi connectivity index (χ4v) is 12.5. The highest BCUT2D eigenvalue weighted by atomic mass is 15.2. The Hall–Kier alpha value is -7.94. The largest absolute Gasteiger partial charge is 0.338 e. The van der Waals surface area contributed by atoms with Crippen molar-refractivity contribution in [2.75, 3.05) is 9.80 Å². The molecule has 2 heteroatoms. The monoisotopic (exact) mass is 886 g/mol. The van der Waals surface area contributed by atoms with Crippen LogP contribution in [0.2, 0.25) is 0 Å². The van der Waals surface area contributed by atoms with Gasteiger partial charge in [0.25, 0.3) is 0 Å². The summed E-state index contributed by atoms with van der Waals surface area (Å²) in [5.41, 5.74) is 22.6. The average Bonchev–Trinajstić information content (AvgIpc) is 3.90. The lowest BCUT2D eigenvalue weighted by molar-refractivity contribution is 0.436. The van der Waals surface area contributed by atoms with E-state index in [0.29, 0.717) is 6.04 Å². The van der Waals surface area contributed by atoms with E-state index in [4.69, 9.17) is 0 Å². The Bertz CT molecular complexity index is 3380.